The Kier molecular flexibility index (Phi) is 4.62. The molecule has 0 aliphatic carbocycles. The average Bonchev–Trinajstić information content (AvgIpc) is 2.37. The molecule has 2 aromatic rings. The Labute approximate surface area is 123 Å². The number of halogens is 2. The lowest BCUT2D eigenvalue weighted by atomic mass is 10.00. The van der Waals surface area contributed by atoms with Crippen LogP contribution in [-0.4, -0.2) is 5.78 Å². The maximum atomic E-state index is 12.1. The van der Waals surface area contributed by atoms with E-state index in [1.165, 1.54) is 11.1 Å². The first-order valence-electron chi connectivity index (χ1n) is 6.10. The maximum Gasteiger partial charge on any atom is 0.164 e. The molecule has 0 spiro atoms. The highest BCUT2D eigenvalue weighted by Gasteiger charge is 2.11. The zero-order valence-corrected chi connectivity index (χ0v) is 12.1. The number of rotatable bonds is 4. The molecule has 98 valence electrons. The Morgan fingerprint density at radius 3 is 2.53 bits per heavy atom. The summed E-state index contributed by atoms with van der Waals surface area (Å²) in [6, 6.07) is 13.1. The van der Waals surface area contributed by atoms with E-state index in [1.807, 2.05) is 18.2 Å². The van der Waals surface area contributed by atoms with E-state index in [1.54, 1.807) is 18.2 Å². The molecule has 0 unspecified atom stereocenters. The lowest BCUT2D eigenvalue weighted by Gasteiger charge is -2.06. The van der Waals surface area contributed by atoms with Crippen LogP contribution in [0.5, 0.6) is 0 Å². The van der Waals surface area contributed by atoms with Gasteiger partial charge in [-0.15, -0.1) is 0 Å². The maximum absolute atomic E-state index is 12.1. The monoisotopic (exact) mass is 292 g/mol. The van der Waals surface area contributed by atoms with Crippen LogP contribution >= 0.6 is 23.2 Å². The molecule has 0 radical (unpaired) electrons. The first kappa shape index (κ1) is 14.1. The Balaban J connectivity index is 2.08. The lowest BCUT2D eigenvalue weighted by Crippen LogP contribution is -2.02. The van der Waals surface area contributed by atoms with Crippen molar-refractivity contribution in [1.82, 2.24) is 0 Å². The van der Waals surface area contributed by atoms with Gasteiger partial charge in [-0.3, -0.25) is 4.79 Å². The third kappa shape index (κ3) is 3.59. The molecule has 0 fully saturated rings. The van der Waals surface area contributed by atoms with Crippen LogP contribution in [0.2, 0.25) is 10.0 Å². The number of aryl methyl sites for hydroxylation is 2. The van der Waals surface area contributed by atoms with Crippen molar-refractivity contribution < 1.29 is 4.79 Å². The van der Waals surface area contributed by atoms with Crippen molar-refractivity contribution in [3.8, 4) is 0 Å². The molecule has 0 aliphatic rings. The number of benzene rings is 2. The minimum atomic E-state index is 0.0462. The van der Waals surface area contributed by atoms with Gasteiger partial charge in [-0.05, 0) is 42.7 Å². The molecule has 0 amide bonds. The topological polar surface area (TPSA) is 17.1 Å². The third-order valence-electron chi connectivity index (χ3n) is 3.11. The van der Waals surface area contributed by atoms with E-state index in [9.17, 15) is 4.79 Å². The van der Waals surface area contributed by atoms with Crippen molar-refractivity contribution in [3.05, 3.63) is 69.2 Å². The zero-order chi connectivity index (χ0) is 13.8. The summed E-state index contributed by atoms with van der Waals surface area (Å²) in [6.07, 6.45) is 1.18. The average molecular weight is 293 g/mol. The first-order valence-corrected chi connectivity index (χ1v) is 6.86. The SMILES string of the molecule is Cc1ccccc1CCC(=O)c1ccc(Cl)cc1Cl. The van der Waals surface area contributed by atoms with E-state index in [0.717, 1.165) is 6.42 Å². The van der Waals surface area contributed by atoms with E-state index < -0.39 is 0 Å². The van der Waals surface area contributed by atoms with Gasteiger partial charge in [0.05, 0.1) is 5.02 Å². The van der Waals surface area contributed by atoms with E-state index in [2.05, 4.69) is 13.0 Å². The molecule has 3 heteroatoms. The summed E-state index contributed by atoms with van der Waals surface area (Å²) >= 11 is 11.9. The van der Waals surface area contributed by atoms with Gasteiger partial charge in [0.1, 0.15) is 0 Å². The molecule has 1 nitrogen and oxygen atoms in total. The van der Waals surface area contributed by atoms with Gasteiger partial charge in [-0.1, -0.05) is 47.5 Å². The summed E-state index contributed by atoms with van der Waals surface area (Å²) in [4.78, 5) is 12.1. The predicted octanol–water partition coefficient (Wildman–Crippen LogP) is 5.12. The molecule has 0 atom stereocenters. The van der Waals surface area contributed by atoms with Crippen molar-refractivity contribution in [2.75, 3.05) is 0 Å². The molecule has 19 heavy (non-hydrogen) atoms. The van der Waals surface area contributed by atoms with Gasteiger partial charge in [0.25, 0.3) is 0 Å². The number of hydrogen-bond donors (Lipinski definition) is 0. The number of Topliss-reactive ketones (excluding diaryl/α,β-unsaturated/α-hetero) is 1. The van der Waals surface area contributed by atoms with Crippen LogP contribution in [0.25, 0.3) is 0 Å². The number of carbonyl (C=O) groups excluding carboxylic acids is 1. The van der Waals surface area contributed by atoms with E-state index in [-0.39, 0.29) is 5.78 Å². The highest BCUT2D eigenvalue weighted by Crippen LogP contribution is 2.23. The van der Waals surface area contributed by atoms with Gasteiger partial charge in [0, 0.05) is 17.0 Å². The summed E-state index contributed by atoms with van der Waals surface area (Å²) in [7, 11) is 0. The minimum absolute atomic E-state index is 0.0462. The Bertz CT molecular complexity index is 605. The van der Waals surface area contributed by atoms with Crippen LogP contribution in [0.15, 0.2) is 42.5 Å². The van der Waals surface area contributed by atoms with Gasteiger partial charge in [0.2, 0.25) is 0 Å². The summed E-state index contributed by atoms with van der Waals surface area (Å²) in [5.74, 6) is 0.0462. The fourth-order valence-electron chi connectivity index (χ4n) is 1.99. The minimum Gasteiger partial charge on any atom is -0.294 e. The molecule has 0 aromatic heterocycles. The molecule has 0 bridgehead atoms. The number of hydrogen-bond acceptors (Lipinski definition) is 1. The predicted molar refractivity (Wildman–Crippen MR) is 80.3 cm³/mol. The van der Waals surface area contributed by atoms with Gasteiger partial charge < -0.3 is 0 Å². The molecule has 0 saturated carbocycles. The largest absolute Gasteiger partial charge is 0.294 e. The quantitative estimate of drug-likeness (QED) is 0.715. The van der Waals surface area contributed by atoms with Gasteiger partial charge >= 0.3 is 0 Å². The van der Waals surface area contributed by atoms with Crippen LogP contribution in [-0.2, 0) is 6.42 Å². The van der Waals surface area contributed by atoms with E-state index >= 15 is 0 Å². The van der Waals surface area contributed by atoms with Crippen LogP contribution in [0.1, 0.15) is 27.9 Å². The smallest absolute Gasteiger partial charge is 0.164 e. The van der Waals surface area contributed by atoms with Gasteiger partial charge in [0.15, 0.2) is 5.78 Å². The van der Waals surface area contributed by atoms with Crippen LogP contribution in [0.3, 0.4) is 0 Å². The second-order valence-corrected chi connectivity index (χ2v) is 5.32. The Hall–Kier alpha value is -1.31. The summed E-state index contributed by atoms with van der Waals surface area (Å²) in [6.45, 7) is 2.05. The summed E-state index contributed by atoms with van der Waals surface area (Å²) in [5, 5.41) is 0.961. The van der Waals surface area contributed by atoms with Crippen molar-refractivity contribution in [2.45, 2.75) is 19.8 Å². The third-order valence-corrected chi connectivity index (χ3v) is 3.66. The molecule has 2 aromatic carbocycles. The van der Waals surface area contributed by atoms with Crippen molar-refractivity contribution in [3.63, 3.8) is 0 Å². The molecular weight excluding hydrogens is 279 g/mol. The molecule has 0 N–H and O–H groups in total. The summed E-state index contributed by atoms with van der Waals surface area (Å²) < 4.78 is 0. The van der Waals surface area contributed by atoms with Crippen LogP contribution in [0.4, 0.5) is 0 Å². The fourth-order valence-corrected chi connectivity index (χ4v) is 2.50. The van der Waals surface area contributed by atoms with E-state index in [4.69, 9.17) is 23.2 Å². The normalized spacial score (nSPS) is 10.5. The lowest BCUT2D eigenvalue weighted by molar-refractivity contribution is 0.0983. The standard InChI is InChI=1S/C16H14Cl2O/c1-11-4-2-3-5-12(11)6-9-16(19)14-8-7-13(17)10-15(14)18/h2-5,7-8,10H,6,9H2,1H3. The van der Waals surface area contributed by atoms with Gasteiger partial charge in [-0.25, -0.2) is 0 Å². The second-order valence-electron chi connectivity index (χ2n) is 4.47. The highest BCUT2D eigenvalue weighted by molar-refractivity contribution is 6.36. The summed E-state index contributed by atoms with van der Waals surface area (Å²) in [5.41, 5.74) is 2.94. The highest BCUT2D eigenvalue weighted by atomic mass is 35.5. The number of carbonyl (C=O) groups is 1. The Morgan fingerprint density at radius 2 is 1.84 bits per heavy atom. The molecular formula is C16H14Cl2O. The zero-order valence-electron chi connectivity index (χ0n) is 10.6. The van der Waals surface area contributed by atoms with Crippen LogP contribution in [0, 0.1) is 6.92 Å². The molecule has 0 heterocycles. The Morgan fingerprint density at radius 1 is 1.11 bits per heavy atom. The van der Waals surface area contributed by atoms with Crippen molar-refractivity contribution in [2.24, 2.45) is 0 Å². The van der Waals surface area contributed by atoms with E-state index in [0.29, 0.717) is 22.0 Å². The van der Waals surface area contributed by atoms with Crippen LogP contribution < -0.4 is 0 Å². The fraction of sp³-hybridized carbons (Fsp3) is 0.188. The molecule has 2 rings (SSSR count). The second kappa shape index (κ2) is 6.23. The number of ketones is 1. The molecule has 0 saturated heterocycles. The van der Waals surface area contributed by atoms with Gasteiger partial charge in [-0.2, -0.15) is 0 Å². The van der Waals surface area contributed by atoms with Crippen molar-refractivity contribution in [1.29, 1.82) is 0 Å². The first-order chi connectivity index (χ1) is 9.08. The molecule has 0 aliphatic heterocycles. The van der Waals surface area contributed by atoms with Crippen molar-refractivity contribution >= 4 is 29.0 Å².